The van der Waals surface area contributed by atoms with Crippen LogP contribution in [0.5, 0.6) is 5.75 Å². The van der Waals surface area contributed by atoms with Crippen molar-refractivity contribution in [2.75, 3.05) is 24.8 Å². The number of thiazole rings is 1. The van der Waals surface area contributed by atoms with Crippen molar-refractivity contribution in [1.82, 2.24) is 4.98 Å². The minimum atomic E-state index is 0.533. The number of hydrogen-bond donors (Lipinski definition) is 2. The van der Waals surface area contributed by atoms with E-state index >= 15 is 0 Å². The van der Waals surface area contributed by atoms with E-state index in [1.807, 2.05) is 24.3 Å². The summed E-state index contributed by atoms with van der Waals surface area (Å²) in [6.45, 7) is 0. The van der Waals surface area contributed by atoms with Gasteiger partial charge in [0.05, 0.1) is 12.8 Å². The van der Waals surface area contributed by atoms with E-state index in [0.29, 0.717) is 21.6 Å². The summed E-state index contributed by atoms with van der Waals surface area (Å²) in [6, 6.07) is 9.62. The monoisotopic (exact) mass is 260 g/mol. The van der Waals surface area contributed by atoms with Gasteiger partial charge in [-0.3, -0.25) is 0 Å². The van der Waals surface area contributed by atoms with Crippen LogP contribution in [-0.2, 0) is 0 Å². The minimum absolute atomic E-state index is 0.533. The van der Waals surface area contributed by atoms with Crippen molar-refractivity contribution >= 4 is 28.0 Å². The zero-order chi connectivity index (χ0) is 13.0. The van der Waals surface area contributed by atoms with Gasteiger partial charge in [0.25, 0.3) is 0 Å². The first-order valence-corrected chi connectivity index (χ1v) is 6.09. The SMILES string of the molecule is CNc1nc(Nc2ccccc2OC)c(C#N)s1. The van der Waals surface area contributed by atoms with Gasteiger partial charge in [-0.15, -0.1) is 0 Å². The van der Waals surface area contributed by atoms with Crippen molar-refractivity contribution in [2.24, 2.45) is 0 Å². The van der Waals surface area contributed by atoms with Crippen LogP contribution >= 0.6 is 11.3 Å². The lowest BCUT2D eigenvalue weighted by Crippen LogP contribution is -1.96. The van der Waals surface area contributed by atoms with Gasteiger partial charge in [-0.05, 0) is 12.1 Å². The quantitative estimate of drug-likeness (QED) is 0.884. The molecule has 0 aliphatic heterocycles. The highest BCUT2D eigenvalue weighted by molar-refractivity contribution is 7.16. The number of aromatic nitrogens is 1. The predicted octanol–water partition coefficient (Wildman–Crippen LogP) is 2.81. The van der Waals surface area contributed by atoms with E-state index in [9.17, 15) is 0 Å². The number of nitrogens with zero attached hydrogens (tertiary/aromatic N) is 2. The summed E-state index contributed by atoms with van der Waals surface area (Å²) >= 11 is 1.31. The molecule has 92 valence electrons. The molecule has 1 aromatic heterocycles. The van der Waals surface area contributed by atoms with Crippen LogP contribution in [0, 0.1) is 11.3 Å². The van der Waals surface area contributed by atoms with Gasteiger partial charge in [-0.2, -0.15) is 5.26 Å². The van der Waals surface area contributed by atoms with Crippen LogP contribution in [0.1, 0.15) is 4.88 Å². The third kappa shape index (κ3) is 2.36. The van der Waals surface area contributed by atoms with Gasteiger partial charge in [0.15, 0.2) is 15.8 Å². The van der Waals surface area contributed by atoms with E-state index in [4.69, 9.17) is 10.00 Å². The molecule has 0 saturated carbocycles. The Balaban J connectivity index is 2.34. The third-order valence-electron chi connectivity index (χ3n) is 2.30. The molecule has 6 heteroatoms. The second-order valence-electron chi connectivity index (χ2n) is 3.38. The summed E-state index contributed by atoms with van der Waals surface area (Å²) in [5.41, 5.74) is 0.782. The van der Waals surface area contributed by atoms with E-state index in [2.05, 4.69) is 21.7 Å². The van der Waals surface area contributed by atoms with Crippen LogP contribution in [0.4, 0.5) is 16.6 Å². The molecule has 0 amide bonds. The highest BCUT2D eigenvalue weighted by atomic mass is 32.1. The van der Waals surface area contributed by atoms with E-state index in [1.54, 1.807) is 14.2 Å². The van der Waals surface area contributed by atoms with Crippen molar-refractivity contribution in [3.63, 3.8) is 0 Å². The molecule has 0 bridgehead atoms. The number of methoxy groups -OCH3 is 1. The lowest BCUT2D eigenvalue weighted by atomic mass is 10.3. The fourth-order valence-corrected chi connectivity index (χ4v) is 2.13. The molecule has 2 N–H and O–H groups in total. The van der Waals surface area contributed by atoms with E-state index in [-0.39, 0.29) is 0 Å². The maximum Gasteiger partial charge on any atom is 0.185 e. The Bertz CT molecular complexity index is 588. The second kappa shape index (κ2) is 5.38. The van der Waals surface area contributed by atoms with Crippen molar-refractivity contribution < 1.29 is 4.74 Å². The molecule has 18 heavy (non-hydrogen) atoms. The second-order valence-corrected chi connectivity index (χ2v) is 4.38. The molecule has 0 aliphatic rings. The molecule has 0 atom stereocenters. The van der Waals surface area contributed by atoms with Crippen LogP contribution in [0.25, 0.3) is 0 Å². The topological polar surface area (TPSA) is 70.0 Å². The maximum absolute atomic E-state index is 9.05. The Labute approximate surface area is 109 Å². The Morgan fingerprint density at radius 2 is 2.17 bits per heavy atom. The Kier molecular flexibility index (Phi) is 3.65. The summed E-state index contributed by atoms with van der Waals surface area (Å²) in [5, 5.41) is 15.8. The Hall–Kier alpha value is -2.26. The molecule has 1 heterocycles. The first-order chi connectivity index (χ1) is 8.78. The van der Waals surface area contributed by atoms with Crippen molar-refractivity contribution in [3.8, 4) is 11.8 Å². The number of benzene rings is 1. The smallest absolute Gasteiger partial charge is 0.185 e. The first-order valence-electron chi connectivity index (χ1n) is 5.27. The molecular weight excluding hydrogens is 248 g/mol. The van der Waals surface area contributed by atoms with Gasteiger partial charge in [0.2, 0.25) is 0 Å². The van der Waals surface area contributed by atoms with Gasteiger partial charge >= 0.3 is 0 Å². The Morgan fingerprint density at radius 1 is 1.39 bits per heavy atom. The highest BCUT2D eigenvalue weighted by Gasteiger charge is 2.11. The van der Waals surface area contributed by atoms with E-state index in [1.165, 1.54) is 11.3 Å². The molecule has 0 saturated heterocycles. The number of anilines is 3. The van der Waals surface area contributed by atoms with E-state index < -0.39 is 0 Å². The van der Waals surface area contributed by atoms with E-state index in [0.717, 1.165) is 5.69 Å². The minimum Gasteiger partial charge on any atom is -0.495 e. The average Bonchev–Trinajstić information content (AvgIpc) is 2.81. The summed E-state index contributed by atoms with van der Waals surface area (Å²) in [5.74, 6) is 1.25. The van der Waals surface area contributed by atoms with Gasteiger partial charge in [0.1, 0.15) is 11.8 Å². The summed E-state index contributed by atoms with van der Waals surface area (Å²) in [6.07, 6.45) is 0. The standard InChI is InChI=1S/C12H12N4OS/c1-14-12-16-11(10(7-13)18-12)15-8-5-3-4-6-9(8)17-2/h3-6,15H,1-2H3,(H,14,16). The molecule has 2 rings (SSSR count). The van der Waals surface area contributed by atoms with Gasteiger partial charge in [-0.1, -0.05) is 23.5 Å². The molecule has 0 aliphatic carbocycles. The summed E-state index contributed by atoms with van der Waals surface area (Å²) in [4.78, 5) is 4.82. The number of ether oxygens (including phenoxy) is 1. The van der Waals surface area contributed by atoms with Gasteiger partial charge < -0.3 is 15.4 Å². The zero-order valence-electron chi connectivity index (χ0n) is 10.0. The van der Waals surface area contributed by atoms with Crippen LogP contribution in [0.3, 0.4) is 0 Å². The number of rotatable bonds is 4. The lowest BCUT2D eigenvalue weighted by Gasteiger charge is -2.08. The normalized spacial score (nSPS) is 9.61. The molecule has 2 aromatic rings. The van der Waals surface area contributed by atoms with Crippen LogP contribution < -0.4 is 15.4 Å². The van der Waals surface area contributed by atoms with Crippen LogP contribution in [0.2, 0.25) is 0 Å². The van der Waals surface area contributed by atoms with Crippen LogP contribution in [0.15, 0.2) is 24.3 Å². The third-order valence-corrected chi connectivity index (χ3v) is 3.28. The predicted molar refractivity (Wildman–Crippen MR) is 72.7 cm³/mol. The molecule has 0 fully saturated rings. The Morgan fingerprint density at radius 3 is 2.83 bits per heavy atom. The maximum atomic E-state index is 9.05. The molecule has 0 radical (unpaired) electrons. The number of nitriles is 1. The number of nitrogens with one attached hydrogen (secondary N) is 2. The van der Waals surface area contributed by atoms with Gasteiger partial charge in [-0.25, -0.2) is 4.98 Å². The zero-order valence-corrected chi connectivity index (χ0v) is 10.8. The first kappa shape index (κ1) is 12.2. The summed E-state index contributed by atoms with van der Waals surface area (Å²) < 4.78 is 5.24. The molecule has 0 spiro atoms. The lowest BCUT2D eigenvalue weighted by molar-refractivity contribution is 0.417. The van der Waals surface area contributed by atoms with Crippen LogP contribution in [-0.4, -0.2) is 19.1 Å². The molecular formula is C12H12N4OS. The number of para-hydroxylation sites is 2. The molecule has 1 aromatic carbocycles. The fraction of sp³-hybridized carbons (Fsp3) is 0.167. The fourth-order valence-electron chi connectivity index (χ4n) is 1.46. The average molecular weight is 260 g/mol. The summed E-state index contributed by atoms with van der Waals surface area (Å²) in [7, 11) is 3.37. The van der Waals surface area contributed by atoms with Crippen molar-refractivity contribution in [3.05, 3.63) is 29.1 Å². The van der Waals surface area contributed by atoms with Crippen molar-refractivity contribution in [1.29, 1.82) is 5.26 Å². The van der Waals surface area contributed by atoms with Gasteiger partial charge in [0, 0.05) is 7.05 Å². The number of hydrogen-bond acceptors (Lipinski definition) is 6. The molecule has 0 unspecified atom stereocenters. The largest absolute Gasteiger partial charge is 0.495 e. The molecule has 5 nitrogen and oxygen atoms in total. The highest BCUT2D eigenvalue weighted by Crippen LogP contribution is 2.32. The van der Waals surface area contributed by atoms with Crippen molar-refractivity contribution in [2.45, 2.75) is 0 Å².